The maximum absolute atomic E-state index is 12.0. The Labute approximate surface area is 140 Å². The van der Waals surface area contributed by atoms with Crippen LogP contribution in [0.5, 0.6) is 11.5 Å². The van der Waals surface area contributed by atoms with E-state index in [4.69, 9.17) is 9.47 Å². The van der Waals surface area contributed by atoms with Crippen LogP contribution < -0.4 is 14.8 Å². The van der Waals surface area contributed by atoms with Gasteiger partial charge < -0.3 is 14.8 Å². The van der Waals surface area contributed by atoms with Gasteiger partial charge >= 0.3 is 0 Å². The molecule has 0 spiro atoms. The van der Waals surface area contributed by atoms with Crippen molar-refractivity contribution in [1.29, 1.82) is 0 Å². The van der Waals surface area contributed by atoms with E-state index in [1.165, 1.54) is 6.08 Å². The minimum Gasteiger partial charge on any atom is -0.497 e. The summed E-state index contributed by atoms with van der Waals surface area (Å²) in [6.45, 7) is 3.84. The van der Waals surface area contributed by atoms with Crippen LogP contribution in [0.4, 0.5) is 0 Å². The second-order valence-electron chi connectivity index (χ2n) is 4.96. The summed E-state index contributed by atoms with van der Waals surface area (Å²) in [5.74, 6) is 1.21. The Kier molecular flexibility index (Phi) is 5.76. The van der Waals surface area contributed by atoms with Gasteiger partial charge in [0.25, 0.3) is 0 Å². The molecule has 2 aromatic rings. The Hall–Kier alpha value is -2.34. The number of thiazole rings is 1. The van der Waals surface area contributed by atoms with Gasteiger partial charge in [-0.15, -0.1) is 11.3 Å². The minimum atomic E-state index is -0.190. The second-order valence-corrected chi connectivity index (χ2v) is 6.03. The highest BCUT2D eigenvalue weighted by Gasteiger charge is 2.13. The summed E-state index contributed by atoms with van der Waals surface area (Å²) in [7, 11) is 3.20. The predicted octanol–water partition coefficient (Wildman–Crippen LogP) is 3.36. The highest BCUT2D eigenvalue weighted by molar-refractivity contribution is 7.09. The lowest BCUT2D eigenvalue weighted by molar-refractivity contribution is -0.117. The summed E-state index contributed by atoms with van der Waals surface area (Å²) >= 11 is 1.55. The molecule has 0 bridgehead atoms. The van der Waals surface area contributed by atoms with Crippen LogP contribution in [0.25, 0.3) is 6.08 Å². The molecule has 0 saturated heterocycles. The number of amides is 1. The maximum Gasteiger partial charge on any atom is 0.244 e. The first-order valence-electron chi connectivity index (χ1n) is 7.16. The fraction of sp³-hybridized carbons (Fsp3) is 0.294. The number of carbonyl (C=O) groups excluding carboxylic acids is 1. The monoisotopic (exact) mass is 332 g/mol. The molecule has 1 unspecified atom stereocenters. The van der Waals surface area contributed by atoms with Crippen molar-refractivity contribution in [3.05, 3.63) is 45.9 Å². The van der Waals surface area contributed by atoms with Crippen LogP contribution in [0.1, 0.15) is 29.2 Å². The summed E-state index contributed by atoms with van der Waals surface area (Å²) in [6.07, 6.45) is 3.19. The van der Waals surface area contributed by atoms with Gasteiger partial charge in [-0.05, 0) is 32.1 Å². The Balaban J connectivity index is 2.04. The number of aryl methyl sites for hydroxylation is 1. The Morgan fingerprint density at radius 1 is 1.35 bits per heavy atom. The molecule has 0 saturated carbocycles. The summed E-state index contributed by atoms with van der Waals surface area (Å²) < 4.78 is 10.5. The van der Waals surface area contributed by atoms with Crippen LogP contribution in [0, 0.1) is 6.92 Å². The number of carbonyl (C=O) groups is 1. The Morgan fingerprint density at radius 2 is 2.13 bits per heavy atom. The van der Waals surface area contributed by atoms with E-state index in [0.717, 1.165) is 16.3 Å². The lowest BCUT2D eigenvalue weighted by Gasteiger charge is -2.17. The largest absolute Gasteiger partial charge is 0.497 e. The molecule has 1 atom stereocenters. The zero-order chi connectivity index (χ0) is 16.8. The molecule has 1 amide bonds. The zero-order valence-corrected chi connectivity index (χ0v) is 14.4. The molecular formula is C17H20N2O3S. The topological polar surface area (TPSA) is 60.5 Å². The first-order chi connectivity index (χ1) is 11.0. The van der Waals surface area contributed by atoms with Crippen molar-refractivity contribution >= 4 is 23.3 Å². The van der Waals surface area contributed by atoms with Gasteiger partial charge in [0.2, 0.25) is 5.91 Å². The fourth-order valence-corrected chi connectivity index (χ4v) is 2.71. The molecule has 6 heteroatoms. The van der Waals surface area contributed by atoms with Crippen molar-refractivity contribution in [1.82, 2.24) is 10.3 Å². The first kappa shape index (κ1) is 17.0. The van der Waals surface area contributed by atoms with E-state index in [-0.39, 0.29) is 11.9 Å². The number of ether oxygens (including phenoxy) is 2. The summed E-state index contributed by atoms with van der Waals surface area (Å²) in [5.41, 5.74) is 1.68. The van der Waals surface area contributed by atoms with Gasteiger partial charge in [0.15, 0.2) is 0 Å². The van der Waals surface area contributed by atoms with Gasteiger partial charge in [0.05, 0.1) is 31.0 Å². The van der Waals surface area contributed by atoms with Crippen LogP contribution in [-0.2, 0) is 4.79 Å². The van der Waals surface area contributed by atoms with Gasteiger partial charge in [0.1, 0.15) is 11.5 Å². The molecule has 1 aromatic carbocycles. The molecule has 0 fully saturated rings. The third-order valence-electron chi connectivity index (χ3n) is 3.31. The average Bonchev–Trinajstić information content (AvgIpc) is 2.97. The number of hydrogen-bond acceptors (Lipinski definition) is 5. The number of hydrogen-bond donors (Lipinski definition) is 1. The fourth-order valence-electron chi connectivity index (χ4n) is 2.13. The predicted molar refractivity (Wildman–Crippen MR) is 92.0 cm³/mol. The highest BCUT2D eigenvalue weighted by atomic mass is 32.1. The smallest absolute Gasteiger partial charge is 0.244 e. The number of nitrogens with zero attached hydrogens (tertiary/aromatic N) is 1. The standard InChI is InChI=1S/C17H20N2O3S/c1-11(15-7-6-14(21-3)9-16(15)22-4)18-17(20)8-5-13-10-23-12(2)19-13/h5-11H,1-4H3,(H,18,20)/b8-5+. The summed E-state index contributed by atoms with van der Waals surface area (Å²) in [5, 5.41) is 5.80. The quantitative estimate of drug-likeness (QED) is 0.824. The van der Waals surface area contributed by atoms with Crippen molar-refractivity contribution in [2.75, 3.05) is 14.2 Å². The molecule has 0 aliphatic heterocycles. The van der Waals surface area contributed by atoms with E-state index in [1.807, 2.05) is 31.4 Å². The van der Waals surface area contributed by atoms with Gasteiger partial charge in [-0.3, -0.25) is 4.79 Å². The van der Waals surface area contributed by atoms with E-state index in [1.54, 1.807) is 37.7 Å². The average molecular weight is 332 g/mol. The SMILES string of the molecule is COc1ccc(C(C)NC(=O)/C=C/c2csc(C)n2)c(OC)c1. The Morgan fingerprint density at radius 3 is 2.74 bits per heavy atom. The third-order valence-corrected chi connectivity index (χ3v) is 4.10. The van der Waals surface area contributed by atoms with Crippen LogP contribution >= 0.6 is 11.3 Å². The second kappa shape index (κ2) is 7.78. The van der Waals surface area contributed by atoms with E-state index in [2.05, 4.69) is 10.3 Å². The van der Waals surface area contributed by atoms with E-state index in [0.29, 0.717) is 11.5 Å². The minimum absolute atomic E-state index is 0.180. The number of aromatic nitrogens is 1. The molecule has 1 aromatic heterocycles. The van der Waals surface area contributed by atoms with E-state index in [9.17, 15) is 4.79 Å². The van der Waals surface area contributed by atoms with Crippen LogP contribution in [-0.4, -0.2) is 25.1 Å². The van der Waals surface area contributed by atoms with Crippen molar-refractivity contribution < 1.29 is 14.3 Å². The molecule has 1 N–H and O–H groups in total. The van der Waals surface area contributed by atoms with Gasteiger partial charge in [0, 0.05) is 23.1 Å². The molecule has 0 aliphatic rings. The lowest BCUT2D eigenvalue weighted by Crippen LogP contribution is -2.25. The number of rotatable bonds is 6. The highest BCUT2D eigenvalue weighted by Crippen LogP contribution is 2.29. The molecular weight excluding hydrogens is 312 g/mol. The van der Waals surface area contributed by atoms with Crippen LogP contribution in [0.15, 0.2) is 29.7 Å². The lowest BCUT2D eigenvalue weighted by atomic mass is 10.1. The molecule has 2 rings (SSSR count). The zero-order valence-electron chi connectivity index (χ0n) is 13.6. The van der Waals surface area contributed by atoms with Crippen molar-refractivity contribution in [3.8, 4) is 11.5 Å². The van der Waals surface area contributed by atoms with Gasteiger partial charge in [-0.25, -0.2) is 4.98 Å². The van der Waals surface area contributed by atoms with Crippen LogP contribution in [0.3, 0.4) is 0 Å². The normalized spacial score (nSPS) is 12.2. The van der Waals surface area contributed by atoms with Crippen molar-refractivity contribution in [2.24, 2.45) is 0 Å². The summed E-state index contributed by atoms with van der Waals surface area (Å²) in [4.78, 5) is 16.3. The number of nitrogens with one attached hydrogen (secondary N) is 1. The molecule has 122 valence electrons. The molecule has 0 aliphatic carbocycles. The van der Waals surface area contributed by atoms with Crippen molar-refractivity contribution in [3.63, 3.8) is 0 Å². The number of benzene rings is 1. The van der Waals surface area contributed by atoms with Gasteiger partial charge in [-0.2, -0.15) is 0 Å². The summed E-state index contributed by atoms with van der Waals surface area (Å²) in [6, 6.07) is 5.33. The van der Waals surface area contributed by atoms with Crippen molar-refractivity contribution in [2.45, 2.75) is 19.9 Å². The molecule has 0 radical (unpaired) electrons. The molecule has 1 heterocycles. The first-order valence-corrected chi connectivity index (χ1v) is 8.04. The molecule has 5 nitrogen and oxygen atoms in total. The Bertz CT molecular complexity index is 710. The third kappa shape index (κ3) is 4.56. The van der Waals surface area contributed by atoms with Gasteiger partial charge in [-0.1, -0.05) is 0 Å². The molecule has 23 heavy (non-hydrogen) atoms. The van der Waals surface area contributed by atoms with E-state index < -0.39 is 0 Å². The maximum atomic E-state index is 12.0. The van der Waals surface area contributed by atoms with Crippen LogP contribution in [0.2, 0.25) is 0 Å². The number of methoxy groups -OCH3 is 2. The van der Waals surface area contributed by atoms with E-state index >= 15 is 0 Å².